The van der Waals surface area contributed by atoms with Crippen LogP contribution in [0.25, 0.3) is 0 Å². The van der Waals surface area contributed by atoms with Gasteiger partial charge >= 0.3 is 0 Å². The van der Waals surface area contributed by atoms with Gasteiger partial charge in [-0.05, 0) is 26.3 Å². The van der Waals surface area contributed by atoms with Crippen molar-refractivity contribution in [1.29, 1.82) is 0 Å². The van der Waals surface area contributed by atoms with E-state index in [1.54, 1.807) is 0 Å². The minimum atomic E-state index is 0.0546. The first-order valence-electron chi connectivity index (χ1n) is 5.35. The average molecular weight is 206 g/mol. The summed E-state index contributed by atoms with van der Waals surface area (Å²) in [4.78, 5) is 11.7. The van der Waals surface area contributed by atoms with Gasteiger partial charge in [0.05, 0.1) is 6.10 Å². The number of benzene rings is 1. The van der Waals surface area contributed by atoms with Crippen LogP contribution in [0.3, 0.4) is 0 Å². The number of Topliss-reactive ketones (excluding diaryl/α,β-unsaturated/α-hetero) is 1. The Morgan fingerprint density at radius 3 is 2.80 bits per heavy atom. The van der Waals surface area contributed by atoms with E-state index >= 15 is 0 Å². The third-order valence-corrected chi connectivity index (χ3v) is 2.41. The minimum absolute atomic E-state index is 0.0546. The summed E-state index contributed by atoms with van der Waals surface area (Å²) in [7, 11) is 0. The van der Waals surface area contributed by atoms with Crippen molar-refractivity contribution < 1.29 is 9.53 Å². The lowest BCUT2D eigenvalue weighted by atomic mass is 10.1. The second-order valence-corrected chi connectivity index (χ2v) is 3.82. The summed E-state index contributed by atoms with van der Waals surface area (Å²) >= 11 is 0. The quantitative estimate of drug-likeness (QED) is 0.692. The Labute approximate surface area is 91.3 Å². The van der Waals surface area contributed by atoms with Gasteiger partial charge in [-0.25, -0.2) is 0 Å². The highest BCUT2D eigenvalue weighted by molar-refractivity contribution is 5.97. The van der Waals surface area contributed by atoms with Crippen molar-refractivity contribution in [3.63, 3.8) is 0 Å². The van der Waals surface area contributed by atoms with Gasteiger partial charge in [0.2, 0.25) is 0 Å². The number of ketones is 1. The van der Waals surface area contributed by atoms with Crippen LogP contribution in [0, 0.1) is 6.92 Å². The Morgan fingerprint density at radius 2 is 2.20 bits per heavy atom. The van der Waals surface area contributed by atoms with E-state index in [9.17, 15) is 4.79 Å². The first-order chi connectivity index (χ1) is 7.13. The molecule has 2 heteroatoms. The van der Waals surface area contributed by atoms with E-state index in [4.69, 9.17) is 4.74 Å². The fourth-order valence-corrected chi connectivity index (χ4v) is 1.24. The lowest BCUT2D eigenvalue weighted by molar-refractivity contribution is 0.0511. The molecular weight excluding hydrogens is 188 g/mol. The molecule has 1 unspecified atom stereocenters. The molecule has 0 aliphatic heterocycles. The lowest BCUT2D eigenvalue weighted by Gasteiger charge is -2.09. The Morgan fingerprint density at radius 1 is 1.47 bits per heavy atom. The first kappa shape index (κ1) is 11.9. The van der Waals surface area contributed by atoms with Crippen LogP contribution in [0.4, 0.5) is 0 Å². The summed E-state index contributed by atoms with van der Waals surface area (Å²) in [6.07, 6.45) is 1.08. The molecule has 2 nitrogen and oxygen atoms in total. The summed E-state index contributed by atoms with van der Waals surface area (Å²) < 4.78 is 5.40. The predicted molar refractivity (Wildman–Crippen MR) is 61.2 cm³/mol. The molecule has 0 spiro atoms. The Hall–Kier alpha value is -1.15. The van der Waals surface area contributed by atoms with E-state index in [2.05, 4.69) is 0 Å². The third kappa shape index (κ3) is 3.84. The maximum Gasteiger partial charge on any atom is 0.188 e. The van der Waals surface area contributed by atoms with Crippen molar-refractivity contribution in [2.24, 2.45) is 0 Å². The molecule has 15 heavy (non-hydrogen) atoms. The molecule has 0 fully saturated rings. The molecule has 0 aliphatic carbocycles. The smallest absolute Gasteiger partial charge is 0.188 e. The van der Waals surface area contributed by atoms with E-state index in [-0.39, 0.29) is 18.5 Å². The minimum Gasteiger partial charge on any atom is -0.370 e. The molecule has 1 atom stereocenters. The highest BCUT2D eigenvalue weighted by atomic mass is 16.5. The van der Waals surface area contributed by atoms with Gasteiger partial charge in [-0.1, -0.05) is 30.7 Å². The monoisotopic (exact) mass is 206 g/mol. The molecule has 0 radical (unpaired) electrons. The van der Waals surface area contributed by atoms with Crippen LogP contribution in [-0.4, -0.2) is 18.5 Å². The van der Waals surface area contributed by atoms with Gasteiger partial charge in [-0.3, -0.25) is 4.79 Å². The van der Waals surface area contributed by atoms with Gasteiger partial charge in [-0.2, -0.15) is 0 Å². The molecule has 0 aliphatic rings. The van der Waals surface area contributed by atoms with Gasteiger partial charge in [0.15, 0.2) is 5.78 Å². The van der Waals surface area contributed by atoms with Gasteiger partial charge in [0.1, 0.15) is 6.61 Å². The highest BCUT2D eigenvalue weighted by Gasteiger charge is 2.07. The van der Waals surface area contributed by atoms with Crippen molar-refractivity contribution in [3.05, 3.63) is 35.4 Å². The van der Waals surface area contributed by atoms with Gasteiger partial charge in [0, 0.05) is 5.56 Å². The lowest BCUT2D eigenvalue weighted by Crippen LogP contribution is -2.15. The highest BCUT2D eigenvalue weighted by Crippen LogP contribution is 2.06. The number of hydrogen-bond acceptors (Lipinski definition) is 2. The molecule has 0 heterocycles. The number of rotatable bonds is 5. The molecule has 1 aromatic carbocycles. The van der Waals surface area contributed by atoms with Crippen LogP contribution >= 0.6 is 0 Å². The van der Waals surface area contributed by atoms with Crippen LogP contribution in [0.15, 0.2) is 24.3 Å². The molecule has 82 valence electrons. The standard InChI is InChI=1S/C13H18O2/c1-4-11(3)15-9-13(14)12-7-5-6-10(2)8-12/h5-8,11H,4,9H2,1-3H3. The molecule has 0 saturated carbocycles. The maximum atomic E-state index is 11.7. The molecule has 0 amide bonds. The summed E-state index contributed by atoms with van der Waals surface area (Å²) in [5.41, 5.74) is 1.84. The van der Waals surface area contributed by atoms with Crippen LogP contribution in [-0.2, 0) is 4.74 Å². The topological polar surface area (TPSA) is 26.3 Å². The normalized spacial score (nSPS) is 12.5. The second kappa shape index (κ2) is 5.66. The summed E-state index contributed by atoms with van der Waals surface area (Å²) in [6, 6.07) is 7.59. The Kier molecular flexibility index (Phi) is 4.50. The fourth-order valence-electron chi connectivity index (χ4n) is 1.24. The number of carbonyl (C=O) groups is 1. The number of carbonyl (C=O) groups excluding carboxylic acids is 1. The SMILES string of the molecule is CCC(C)OCC(=O)c1cccc(C)c1. The van der Waals surface area contributed by atoms with Crippen molar-refractivity contribution >= 4 is 5.78 Å². The van der Waals surface area contributed by atoms with E-state index < -0.39 is 0 Å². The zero-order valence-electron chi connectivity index (χ0n) is 9.62. The molecule has 0 bridgehead atoms. The van der Waals surface area contributed by atoms with Crippen LogP contribution in [0.2, 0.25) is 0 Å². The predicted octanol–water partition coefficient (Wildman–Crippen LogP) is 2.99. The van der Waals surface area contributed by atoms with Crippen LogP contribution in [0.1, 0.15) is 36.2 Å². The van der Waals surface area contributed by atoms with Crippen LogP contribution in [0.5, 0.6) is 0 Å². The van der Waals surface area contributed by atoms with E-state index in [0.29, 0.717) is 0 Å². The number of ether oxygens (including phenoxy) is 1. The first-order valence-corrected chi connectivity index (χ1v) is 5.35. The molecule has 0 N–H and O–H groups in total. The van der Waals surface area contributed by atoms with Crippen molar-refractivity contribution in [3.8, 4) is 0 Å². The van der Waals surface area contributed by atoms with Crippen LogP contribution < -0.4 is 0 Å². The zero-order chi connectivity index (χ0) is 11.3. The fraction of sp³-hybridized carbons (Fsp3) is 0.462. The summed E-state index contributed by atoms with van der Waals surface area (Å²) in [6.45, 7) is 6.18. The summed E-state index contributed by atoms with van der Waals surface area (Å²) in [5, 5.41) is 0. The third-order valence-electron chi connectivity index (χ3n) is 2.41. The molecule has 0 saturated heterocycles. The largest absolute Gasteiger partial charge is 0.370 e. The summed E-state index contributed by atoms with van der Waals surface area (Å²) in [5.74, 6) is 0.0546. The number of aryl methyl sites for hydroxylation is 1. The van der Waals surface area contributed by atoms with E-state index in [1.807, 2.05) is 45.0 Å². The Bertz CT molecular complexity index is 331. The Balaban J connectivity index is 2.54. The number of hydrogen-bond donors (Lipinski definition) is 0. The second-order valence-electron chi connectivity index (χ2n) is 3.82. The average Bonchev–Trinajstić information content (AvgIpc) is 2.25. The van der Waals surface area contributed by atoms with Gasteiger partial charge < -0.3 is 4.74 Å². The molecule has 0 aromatic heterocycles. The van der Waals surface area contributed by atoms with Crippen molar-refractivity contribution in [1.82, 2.24) is 0 Å². The van der Waals surface area contributed by atoms with Gasteiger partial charge in [0.25, 0.3) is 0 Å². The van der Waals surface area contributed by atoms with Crippen molar-refractivity contribution in [2.45, 2.75) is 33.3 Å². The van der Waals surface area contributed by atoms with E-state index in [1.165, 1.54) is 0 Å². The molecule has 1 rings (SSSR count). The van der Waals surface area contributed by atoms with E-state index in [0.717, 1.165) is 17.5 Å². The molecular formula is C13H18O2. The maximum absolute atomic E-state index is 11.7. The zero-order valence-corrected chi connectivity index (χ0v) is 9.62. The molecule has 1 aromatic rings. The van der Waals surface area contributed by atoms with Gasteiger partial charge in [-0.15, -0.1) is 0 Å². The van der Waals surface area contributed by atoms with Crippen molar-refractivity contribution in [2.75, 3.05) is 6.61 Å².